The first-order valence-corrected chi connectivity index (χ1v) is 12.9. The summed E-state index contributed by atoms with van der Waals surface area (Å²) in [7, 11) is -3.39. The van der Waals surface area contributed by atoms with Gasteiger partial charge in [0.25, 0.3) is 0 Å². The number of amides is 1. The first-order valence-electron chi connectivity index (χ1n) is 11.4. The summed E-state index contributed by atoms with van der Waals surface area (Å²) in [6, 6.07) is 16.9. The SMILES string of the molecule is CC(C)(C)S(=O)(=O)NC1CCC(C(=O)Nc2ccc(-c3nnnn3-c3ccccc3)cc2)CC1. The lowest BCUT2D eigenvalue weighted by Gasteiger charge is -2.30. The van der Waals surface area contributed by atoms with Crippen molar-refractivity contribution in [1.29, 1.82) is 0 Å². The summed E-state index contributed by atoms with van der Waals surface area (Å²) >= 11 is 0. The molecular formula is C24H30N6O3S. The number of carbonyl (C=O) groups excluding carboxylic acids is 1. The number of sulfonamides is 1. The molecule has 10 heteroatoms. The summed E-state index contributed by atoms with van der Waals surface area (Å²) in [6.07, 6.45) is 2.59. The van der Waals surface area contributed by atoms with Gasteiger partial charge in [-0.3, -0.25) is 4.79 Å². The molecule has 1 heterocycles. The minimum atomic E-state index is -3.39. The molecule has 0 spiro atoms. The predicted molar refractivity (Wildman–Crippen MR) is 131 cm³/mol. The maximum absolute atomic E-state index is 12.8. The number of nitrogens with one attached hydrogen (secondary N) is 2. The molecule has 9 nitrogen and oxygen atoms in total. The standard InChI is InChI=1S/C24H30N6O3S/c1-24(2,3)34(32,33)27-20-15-11-18(12-16-20)23(31)25-19-13-9-17(10-14-19)22-26-28-29-30(22)21-7-5-4-6-8-21/h4-10,13-14,18,20,27H,11-12,15-16H2,1-3H3,(H,25,31). The quantitative estimate of drug-likeness (QED) is 0.555. The van der Waals surface area contributed by atoms with Crippen molar-refractivity contribution < 1.29 is 13.2 Å². The molecule has 1 amide bonds. The van der Waals surface area contributed by atoms with Gasteiger partial charge in [-0.2, -0.15) is 4.68 Å². The van der Waals surface area contributed by atoms with E-state index in [4.69, 9.17) is 0 Å². The molecule has 0 radical (unpaired) electrons. The van der Waals surface area contributed by atoms with E-state index in [0.29, 0.717) is 37.2 Å². The van der Waals surface area contributed by atoms with E-state index in [2.05, 4.69) is 25.6 Å². The summed E-state index contributed by atoms with van der Waals surface area (Å²) in [5.41, 5.74) is 2.39. The number of benzene rings is 2. The van der Waals surface area contributed by atoms with Gasteiger partial charge in [0, 0.05) is 23.2 Å². The van der Waals surface area contributed by atoms with E-state index in [0.717, 1.165) is 11.3 Å². The lowest BCUT2D eigenvalue weighted by Crippen LogP contribution is -2.46. The lowest BCUT2D eigenvalue weighted by atomic mass is 9.86. The van der Waals surface area contributed by atoms with Crippen LogP contribution in [0.2, 0.25) is 0 Å². The Labute approximate surface area is 200 Å². The maximum Gasteiger partial charge on any atom is 0.227 e. The van der Waals surface area contributed by atoms with Crippen molar-refractivity contribution in [1.82, 2.24) is 24.9 Å². The van der Waals surface area contributed by atoms with Gasteiger partial charge in [-0.1, -0.05) is 18.2 Å². The van der Waals surface area contributed by atoms with E-state index in [1.54, 1.807) is 25.5 Å². The van der Waals surface area contributed by atoms with Crippen LogP contribution >= 0.6 is 0 Å². The van der Waals surface area contributed by atoms with Crippen LogP contribution in [0.25, 0.3) is 17.1 Å². The Morgan fingerprint density at radius 3 is 2.24 bits per heavy atom. The number of anilines is 1. The van der Waals surface area contributed by atoms with Crippen LogP contribution in [-0.4, -0.2) is 45.3 Å². The fourth-order valence-corrected chi connectivity index (χ4v) is 4.95. The van der Waals surface area contributed by atoms with Gasteiger partial charge in [0.1, 0.15) is 0 Å². The van der Waals surface area contributed by atoms with Crippen molar-refractivity contribution in [3.8, 4) is 17.1 Å². The highest BCUT2D eigenvalue weighted by molar-refractivity contribution is 7.90. The number of rotatable bonds is 6. The van der Waals surface area contributed by atoms with Crippen molar-refractivity contribution >= 4 is 21.6 Å². The van der Waals surface area contributed by atoms with Gasteiger partial charge in [0.15, 0.2) is 5.82 Å². The molecule has 1 aromatic heterocycles. The van der Waals surface area contributed by atoms with Crippen LogP contribution in [0.3, 0.4) is 0 Å². The Bertz CT molecular complexity index is 1230. The van der Waals surface area contributed by atoms with Gasteiger partial charge >= 0.3 is 0 Å². The summed E-state index contributed by atoms with van der Waals surface area (Å²) in [5.74, 6) is 0.430. The van der Waals surface area contributed by atoms with E-state index < -0.39 is 14.8 Å². The average molecular weight is 483 g/mol. The molecule has 2 aromatic carbocycles. The second-order valence-corrected chi connectivity index (χ2v) is 12.1. The molecule has 1 aliphatic rings. The highest BCUT2D eigenvalue weighted by atomic mass is 32.2. The van der Waals surface area contributed by atoms with Gasteiger partial charge in [-0.15, -0.1) is 5.10 Å². The van der Waals surface area contributed by atoms with E-state index in [1.165, 1.54) is 0 Å². The number of carbonyl (C=O) groups is 1. The average Bonchev–Trinajstić information content (AvgIpc) is 3.30. The molecule has 0 aliphatic heterocycles. The minimum absolute atomic E-state index is 0.0426. The Balaban J connectivity index is 1.35. The summed E-state index contributed by atoms with van der Waals surface area (Å²) in [4.78, 5) is 12.8. The van der Waals surface area contributed by atoms with E-state index in [9.17, 15) is 13.2 Å². The zero-order valence-corrected chi connectivity index (χ0v) is 20.4. The molecule has 3 aromatic rings. The van der Waals surface area contributed by atoms with Gasteiger partial charge in [-0.05, 0) is 93.3 Å². The van der Waals surface area contributed by atoms with Gasteiger partial charge in [-0.25, -0.2) is 13.1 Å². The zero-order chi connectivity index (χ0) is 24.3. The van der Waals surface area contributed by atoms with Crippen LogP contribution in [0.1, 0.15) is 46.5 Å². The van der Waals surface area contributed by atoms with Crippen molar-refractivity contribution in [2.24, 2.45) is 5.92 Å². The van der Waals surface area contributed by atoms with Gasteiger partial charge in [0.05, 0.1) is 10.4 Å². The number of hydrogen-bond donors (Lipinski definition) is 2. The second kappa shape index (κ2) is 9.63. The Morgan fingerprint density at radius 1 is 0.971 bits per heavy atom. The van der Waals surface area contributed by atoms with E-state index >= 15 is 0 Å². The first-order chi connectivity index (χ1) is 16.1. The van der Waals surface area contributed by atoms with Crippen LogP contribution in [0, 0.1) is 5.92 Å². The molecule has 2 N–H and O–H groups in total. The van der Waals surface area contributed by atoms with E-state index in [-0.39, 0.29) is 17.9 Å². The Hall–Kier alpha value is -3.11. The highest BCUT2D eigenvalue weighted by Crippen LogP contribution is 2.28. The predicted octanol–water partition coefficient (Wildman–Crippen LogP) is 3.54. The smallest absolute Gasteiger partial charge is 0.227 e. The third-order valence-electron chi connectivity index (χ3n) is 6.11. The molecular weight excluding hydrogens is 452 g/mol. The van der Waals surface area contributed by atoms with Crippen molar-refractivity contribution in [3.05, 3.63) is 54.6 Å². The van der Waals surface area contributed by atoms with Gasteiger partial charge in [0.2, 0.25) is 15.9 Å². The topological polar surface area (TPSA) is 119 Å². The van der Waals surface area contributed by atoms with Crippen LogP contribution < -0.4 is 10.0 Å². The molecule has 0 saturated heterocycles. The molecule has 1 fully saturated rings. The summed E-state index contributed by atoms with van der Waals surface area (Å²) in [5, 5.41) is 15.0. The fraction of sp³-hybridized carbons (Fsp3) is 0.417. The number of nitrogens with zero attached hydrogens (tertiary/aromatic N) is 4. The van der Waals surface area contributed by atoms with Crippen molar-refractivity contribution in [2.75, 3.05) is 5.32 Å². The van der Waals surface area contributed by atoms with Gasteiger partial charge < -0.3 is 5.32 Å². The van der Waals surface area contributed by atoms with Crippen LogP contribution in [0.15, 0.2) is 54.6 Å². The molecule has 0 unspecified atom stereocenters. The third kappa shape index (κ3) is 5.34. The molecule has 0 bridgehead atoms. The zero-order valence-electron chi connectivity index (χ0n) is 19.6. The molecule has 1 saturated carbocycles. The van der Waals surface area contributed by atoms with Crippen LogP contribution in [0.5, 0.6) is 0 Å². The normalized spacial score (nSPS) is 19.0. The summed E-state index contributed by atoms with van der Waals surface area (Å²) < 4.78 is 28.4. The molecule has 34 heavy (non-hydrogen) atoms. The first kappa shape index (κ1) is 24.0. The second-order valence-electron chi connectivity index (χ2n) is 9.60. The third-order valence-corrected chi connectivity index (χ3v) is 8.36. The fourth-order valence-electron chi connectivity index (χ4n) is 3.93. The molecule has 180 valence electrons. The minimum Gasteiger partial charge on any atom is -0.326 e. The van der Waals surface area contributed by atoms with Crippen molar-refractivity contribution in [3.63, 3.8) is 0 Å². The van der Waals surface area contributed by atoms with E-state index in [1.807, 2.05) is 54.6 Å². The molecule has 4 rings (SSSR count). The van der Waals surface area contributed by atoms with Crippen LogP contribution in [0.4, 0.5) is 5.69 Å². The largest absolute Gasteiger partial charge is 0.326 e. The molecule has 0 atom stereocenters. The van der Waals surface area contributed by atoms with Crippen molar-refractivity contribution in [2.45, 2.75) is 57.2 Å². The number of para-hydroxylation sites is 1. The number of aromatic nitrogens is 4. The Morgan fingerprint density at radius 2 is 1.62 bits per heavy atom. The summed E-state index contributed by atoms with van der Waals surface area (Å²) in [6.45, 7) is 5.05. The maximum atomic E-state index is 12.8. The molecule has 1 aliphatic carbocycles. The highest BCUT2D eigenvalue weighted by Gasteiger charge is 2.34. The number of hydrogen-bond acceptors (Lipinski definition) is 6. The number of tetrazole rings is 1. The lowest BCUT2D eigenvalue weighted by molar-refractivity contribution is -0.120. The van der Waals surface area contributed by atoms with Crippen LogP contribution in [-0.2, 0) is 14.8 Å². The Kier molecular flexibility index (Phi) is 6.81. The monoisotopic (exact) mass is 482 g/mol.